The largest absolute Gasteiger partial charge is 0.256 e. The maximum Gasteiger partial charge on any atom is 0.132 e. The van der Waals surface area contributed by atoms with E-state index in [1.165, 1.54) is 50.5 Å². The summed E-state index contributed by atoms with van der Waals surface area (Å²) in [5.74, 6) is 1.39. The number of benzene rings is 1. The van der Waals surface area contributed by atoms with Gasteiger partial charge in [0.05, 0.1) is 5.69 Å². The molecule has 1 aliphatic carbocycles. The second kappa shape index (κ2) is 8.60. The van der Waals surface area contributed by atoms with Gasteiger partial charge in [-0.3, -0.25) is 4.98 Å². The van der Waals surface area contributed by atoms with Crippen molar-refractivity contribution in [3.63, 3.8) is 0 Å². The molecule has 0 aliphatic heterocycles. The number of halogens is 1. The van der Waals surface area contributed by atoms with Crippen molar-refractivity contribution in [2.75, 3.05) is 0 Å². The highest BCUT2D eigenvalue weighted by molar-refractivity contribution is 5.60. The molecular weight excluding hydrogens is 309 g/mol. The lowest BCUT2D eigenvalue weighted by Crippen LogP contribution is -2.13. The summed E-state index contributed by atoms with van der Waals surface area (Å²) in [6.07, 6.45) is 12.1. The maximum atomic E-state index is 14.3. The Labute approximate surface area is 151 Å². The molecule has 0 atom stereocenters. The zero-order chi connectivity index (χ0) is 17.6. The van der Waals surface area contributed by atoms with Crippen LogP contribution in [0.2, 0.25) is 0 Å². The molecule has 1 aliphatic rings. The van der Waals surface area contributed by atoms with Gasteiger partial charge >= 0.3 is 0 Å². The SMILES string of the molecule is CCCCC1CCC(c2ccc(-c3ccc(CC)cc3F)nc2)CC1. The van der Waals surface area contributed by atoms with Crippen LogP contribution in [0.15, 0.2) is 36.5 Å². The number of rotatable bonds is 6. The van der Waals surface area contributed by atoms with Crippen molar-refractivity contribution >= 4 is 0 Å². The lowest BCUT2D eigenvalue weighted by molar-refractivity contribution is 0.304. The van der Waals surface area contributed by atoms with E-state index in [0.29, 0.717) is 11.5 Å². The van der Waals surface area contributed by atoms with Gasteiger partial charge in [-0.2, -0.15) is 0 Å². The van der Waals surface area contributed by atoms with Crippen LogP contribution in [-0.2, 0) is 6.42 Å². The summed E-state index contributed by atoms with van der Waals surface area (Å²) < 4.78 is 14.3. The van der Waals surface area contributed by atoms with Crippen LogP contribution >= 0.6 is 0 Å². The Morgan fingerprint density at radius 1 is 1.04 bits per heavy atom. The van der Waals surface area contributed by atoms with Gasteiger partial charge in [0, 0.05) is 11.8 Å². The normalized spacial score (nSPS) is 20.6. The Balaban J connectivity index is 1.65. The molecule has 0 radical (unpaired) electrons. The van der Waals surface area contributed by atoms with Crippen LogP contribution in [0.4, 0.5) is 4.39 Å². The third kappa shape index (κ3) is 4.48. The van der Waals surface area contributed by atoms with Crippen molar-refractivity contribution in [3.05, 3.63) is 53.5 Å². The summed E-state index contributed by atoms with van der Waals surface area (Å²) in [5.41, 5.74) is 3.69. The molecular formula is C23H30FN. The van der Waals surface area contributed by atoms with E-state index in [0.717, 1.165) is 23.6 Å². The van der Waals surface area contributed by atoms with E-state index >= 15 is 0 Å². The van der Waals surface area contributed by atoms with Gasteiger partial charge < -0.3 is 0 Å². The smallest absolute Gasteiger partial charge is 0.132 e. The molecule has 0 spiro atoms. The van der Waals surface area contributed by atoms with Crippen LogP contribution in [0.25, 0.3) is 11.3 Å². The summed E-state index contributed by atoms with van der Waals surface area (Å²) in [6.45, 7) is 4.32. The predicted octanol–water partition coefficient (Wildman–Crippen LogP) is 6.91. The molecule has 0 amide bonds. The Hall–Kier alpha value is -1.70. The molecule has 1 aromatic heterocycles. The Kier molecular flexibility index (Phi) is 6.23. The average Bonchev–Trinajstić information content (AvgIpc) is 2.67. The summed E-state index contributed by atoms with van der Waals surface area (Å²) in [7, 11) is 0. The molecule has 1 heterocycles. The van der Waals surface area contributed by atoms with E-state index in [1.807, 2.05) is 31.3 Å². The Bertz CT molecular complexity index is 669. The Morgan fingerprint density at radius 2 is 1.84 bits per heavy atom. The number of pyridine rings is 1. The van der Waals surface area contributed by atoms with Crippen molar-refractivity contribution in [3.8, 4) is 11.3 Å². The first-order valence-corrected chi connectivity index (χ1v) is 9.96. The molecule has 2 aromatic rings. The lowest BCUT2D eigenvalue weighted by atomic mass is 9.77. The zero-order valence-electron chi connectivity index (χ0n) is 15.6. The van der Waals surface area contributed by atoms with Crippen LogP contribution in [0.5, 0.6) is 0 Å². The average molecular weight is 339 g/mol. The summed E-state index contributed by atoms with van der Waals surface area (Å²) >= 11 is 0. The molecule has 0 saturated heterocycles. The standard InChI is InChI=1S/C23H30FN/c1-3-5-6-18-7-10-19(11-8-18)20-12-14-23(25-16-20)21-13-9-17(4-2)15-22(21)24/h9,12-16,18-19H,3-8,10-11H2,1-2H3. The van der Waals surface area contributed by atoms with Gasteiger partial charge in [0.2, 0.25) is 0 Å². The first-order chi connectivity index (χ1) is 12.2. The molecule has 25 heavy (non-hydrogen) atoms. The second-order valence-electron chi connectivity index (χ2n) is 7.50. The number of aromatic nitrogens is 1. The molecule has 2 heteroatoms. The fourth-order valence-electron chi connectivity index (χ4n) is 4.07. The van der Waals surface area contributed by atoms with Gasteiger partial charge in [-0.15, -0.1) is 0 Å². The van der Waals surface area contributed by atoms with Crippen molar-refractivity contribution < 1.29 is 4.39 Å². The lowest BCUT2D eigenvalue weighted by Gasteiger charge is -2.28. The third-order valence-electron chi connectivity index (χ3n) is 5.79. The molecule has 1 fully saturated rings. The minimum absolute atomic E-state index is 0.170. The fraction of sp³-hybridized carbons (Fsp3) is 0.522. The van der Waals surface area contributed by atoms with Gasteiger partial charge in [-0.25, -0.2) is 4.39 Å². The summed E-state index contributed by atoms with van der Waals surface area (Å²) in [5, 5.41) is 0. The fourth-order valence-corrected chi connectivity index (χ4v) is 4.07. The van der Waals surface area contributed by atoms with E-state index in [-0.39, 0.29) is 5.82 Å². The van der Waals surface area contributed by atoms with Crippen LogP contribution < -0.4 is 0 Å². The van der Waals surface area contributed by atoms with E-state index in [1.54, 1.807) is 6.07 Å². The summed E-state index contributed by atoms with van der Waals surface area (Å²) in [6, 6.07) is 9.62. The highest BCUT2D eigenvalue weighted by atomic mass is 19.1. The molecule has 134 valence electrons. The molecule has 0 bridgehead atoms. The van der Waals surface area contributed by atoms with Gasteiger partial charge in [-0.05, 0) is 73.3 Å². The first-order valence-electron chi connectivity index (χ1n) is 9.96. The topological polar surface area (TPSA) is 12.9 Å². The van der Waals surface area contributed by atoms with E-state index in [4.69, 9.17) is 0 Å². The first kappa shape index (κ1) is 18.1. The minimum atomic E-state index is -0.170. The van der Waals surface area contributed by atoms with Crippen LogP contribution in [0, 0.1) is 11.7 Å². The van der Waals surface area contributed by atoms with Crippen molar-refractivity contribution in [2.45, 2.75) is 71.1 Å². The number of nitrogens with zero attached hydrogens (tertiary/aromatic N) is 1. The van der Waals surface area contributed by atoms with Crippen LogP contribution in [-0.4, -0.2) is 4.98 Å². The summed E-state index contributed by atoms with van der Waals surface area (Å²) in [4.78, 5) is 4.57. The molecule has 1 aromatic carbocycles. The van der Waals surface area contributed by atoms with Gasteiger partial charge in [0.25, 0.3) is 0 Å². The van der Waals surface area contributed by atoms with Crippen molar-refractivity contribution in [2.24, 2.45) is 5.92 Å². The minimum Gasteiger partial charge on any atom is -0.256 e. The third-order valence-corrected chi connectivity index (χ3v) is 5.79. The number of hydrogen-bond donors (Lipinski definition) is 0. The van der Waals surface area contributed by atoms with Crippen LogP contribution in [0.1, 0.15) is 75.8 Å². The van der Waals surface area contributed by atoms with Gasteiger partial charge in [-0.1, -0.05) is 45.2 Å². The number of hydrogen-bond acceptors (Lipinski definition) is 1. The monoisotopic (exact) mass is 339 g/mol. The second-order valence-corrected chi connectivity index (χ2v) is 7.50. The van der Waals surface area contributed by atoms with E-state index in [9.17, 15) is 4.39 Å². The van der Waals surface area contributed by atoms with Crippen molar-refractivity contribution in [1.29, 1.82) is 0 Å². The predicted molar refractivity (Wildman–Crippen MR) is 103 cm³/mol. The molecule has 3 rings (SSSR count). The number of aryl methyl sites for hydroxylation is 1. The molecule has 1 nitrogen and oxygen atoms in total. The van der Waals surface area contributed by atoms with E-state index in [2.05, 4.69) is 18.0 Å². The molecule has 0 unspecified atom stereocenters. The highest BCUT2D eigenvalue weighted by Gasteiger charge is 2.22. The quantitative estimate of drug-likeness (QED) is 0.557. The van der Waals surface area contributed by atoms with Gasteiger partial charge in [0.1, 0.15) is 5.82 Å². The highest BCUT2D eigenvalue weighted by Crippen LogP contribution is 2.37. The zero-order valence-corrected chi connectivity index (χ0v) is 15.6. The Morgan fingerprint density at radius 3 is 2.44 bits per heavy atom. The maximum absolute atomic E-state index is 14.3. The van der Waals surface area contributed by atoms with Crippen molar-refractivity contribution in [1.82, 2.24) is 4.98 Å². The van der Waals surface area contributed by atoms with E-state index < -0.39 is 0 Å². The van der Waals surface area contributed by atoms with Gasteiger partial charge in [0.15, 0.2) is 0 Å². The molecule has 0 N–H and O–H groups in total. The molecule has 1 saturated carbocycles. The van der Waals surface area contributed by atoms with Crippen LogP contribution in [0.3, 0.4) is 0 Å². The number of unbranched alkanes of at least 4 members (excludes halogenated alkanes) is 1.